The molecule has 0 aliphatic carbocycles. The SMILES string of the molecule is Cc1cc(NC(=O)Cc2ccccc2)n(-c2nc3c(cnn3-c3cccc(Cl)c3)c(=O)[nH]2)n1. The molecule has 0 saturated carbocycles. The summed E-state index contributed by atoms with van der Waals surface area (Å²) in [5.41, 5.74) is 2.16. The maximum Gasteiger partial charge on any atom is 0.263 e. The first-order valence-electron chi connectivity index (χ1n) is 10.1. The van der Waals surface area contributed by atoms with Crippen LogP contribution in [-0.4, -0.2) is 35.4 Å². The number of hydrogen-bond acceptors (Lipinski definition) is 5. The number of hydrogen-bond donors (Lipinski definition) is 2. The fraction of sp³-hybridized carbons (Fsp3) is 0.0870. The highest BCUT2D eigenvalue weighted by Crippen LogP contribution is 2.20. The standard InChI is InChI=1S/C23H18ClN7O2/c1-14-10-19(26-20(32)11-15-6-3-2-4-7-15)31(29-14)23-27-21-18(22(33)28-23)13-25-30(21)17-9-5-8-16(24)12-17/h2-10,12-13H,11H2,1H3,(H,26,32)(H,27,28,33). The maximum absolute atomic E-state index is 12.8. The van der Waals surface area contributed by atoms with Crippen LogP contribution in [0.5, 0.6) is 0 Å². The van der Waals surface area contributed by atoms with Crippen molar-refractivity contribution in [2.45, 2.75) is 13.3 Å². The fourth-order valence-corrected chi connectivity index (χ4v) is 3.71. The van der Waals surface area contributed by atoms with Gasteiger partial charge in [-0.2, -0.15) is 19.9 Å². The van der Waals surface area contributed by atoms with E-state index in [2.05, 4.69) is 25.5 Å². The molecule has 10 heteroatoms. The van der Waals surface area contributed by atoms with Crippen LogP contribution >= 0.6 is 11.6 Å². The van der Waals surface area contributed by atoms with Gasteiger partial charge < -0.3 is 5.32 Å². The fourth-order valence-electron chi connectivity index (χ4n) is 3.52. The average molecular weight is 460 g/mol. The molecule has 3 heterocycles. The van der Waals surface area contributed by atoms with Gasteiger partial charge in [0, 0.05) is 11.1 Å². The molecule has 2 N–H and O–H groups in total. The molecule has 5 aromatic rings. The number of carbonyl (C=O) groups excluding carboxylic acids is 1. The molecule has 1 amide bonds. The predicted octanol–water partition coefficient (Wildman–Crippen LogP) is 3.44. The minimum Gasteiger partial charge on any atom is -0.310 e. The zero-order chi connectivity index (χ0) is 22.9. The largest absolute Gasteiger partial charge is 0.310 e. The van der Waals surface area contributed by atoms with Crippen LogP contribution in [0, 0.1) is 6.92 Å². The van der Waals surface area contributed by atoms with Gasteiger partial charge in [0.1, 0.15) is 11.2 Å². The summed E-state index contributed by atoms with van der Waals surface area (Å²) in [7, 11) is 0. The van der Waals surface area contributed by atoms with Crippen molar-refractivity contribution < 1.29 is 4.79 Å². The molecular weight excluding hydrogens is 442 g/mol. The lowest BCUT2D eigenvalue weighted by molar-refractivity contribution is -0.115. The summed E-state index contributed by atoms with van der Waals surface area (Å²) in [5, 5.41) is 12.4. The third kappa shape index (κ3) is 4.13. The van der Waals surface area contributed by atoms with Crippen molar-refractivity contribution in [1.82, 2.24) is 29.5 Å². The number of anilines is 1. The maximum atomic E-state index is 12.8. The van der Waals surface area contributed by atoms with Gasteiger partial charge >= 0.3 is 0 Å². The van der Waals surface area contributed by atoms with Crippen LogP contribution in [0.3, 0.4) is 0 Å². The number of rotatable bonds is 5. The van der Waals surface area contributed by atoms with Crippen molar-refractivity contribution in [2.24, 2.45) is 0 Å². The highest BCUT2D eigenvalue weighted by atomic mass is 35.5. The first-order chi connectivity index (χ1) is 16.0. The molecule has 0 radical (unpaired) electrons. The number of aromatic nitrogens is 6. The highest BCUT2D eigenvalue weighted by Gasteiger charge is 2.17. The third-order valence-electron chi connectivity index (χ3n) is 4.99. The summed E-state index contributed by atoms with van der Waals surface area (Å²) >= 11 is 6.12. The van der Waals surface area contributed by atoms with E-state index in [0.29, 0.717) is 33.3 Å². The average Bonchev–Trinajstić information content (AvgIpc) is 3.38. The predicted molar refractivity (Wildman–Crippen MR) is 125 cm³/mol. The summed E-state index contributed by atoms with van der Waals surface area (Å²) in [4.78, 5) is 32.7. The van der Waals surface area contributed by atoms with Crippen LogP contribution in [-0.2, 0) is 11.2 Å². The first kappa shape index (κ1) is 20.7. The summed E-state index contributed by atoms with van der Waals surface area (Å²) in [5.74, 6) is 0.332. The molecule has 0 fully saturated rings. The molecule has 164 valence electrons. The Labute approximate surface area is 192 Å². The Balaban J connectivity index is 1.54. The summed E-state index contributed by atoms with van der Waals surface area (Å²) in [6.07, 6.45) is 1.65. The van der Waals surface area contributed by atoms with Crippen LogP contribution in [0.1, 0.15) is 11.3 Å². The van der Waals surface area contributed by atoms with Gasteiger partial charge in [-0.15, -0.1) is 0 Å². The van der Waals surface area contributed by atoms with Gasteiger partial charge in [0.2, 0.25) is 11.9 Å². The zero-order valence-corrected chi connectivity index (χ0v) is 18.2. The lowest BCUT2D eigenvalue weighted by atomic mass is 10.1. The van der Waals surface area contributed by atoms with E-state index in [1.807, 2.05) is 36.4 Å². The van der Waals surface area contributed by atoms with E-state index >= 15 is 0 Å². The van der Waals surface area contributed by atoms with Crippen molar-refractivity contribution in [1.29, 1.82) is 0 Å². The monoisotopic (exact) mass is 459 g/mol. The van der Waals surface area contributed by atoms with Gasteiger partial charge in [0.25, 0.3) is 5.56 Å². The second-order valence-electron chi connectivity index (χ2n) is 7.46. The van der Waals surface area contributed by atoms with Crippen molar-refractivity contribution >= 4 is 34.4 Å². The molecule has 3 aromatic heterocycles. The smallest absolute Gasteiger partial charge is 0.263 e. The topological polar surface area (TPSA) is 110 Å². The number of nitrogens with zero attached hydrogens (tertiary/aromatic N) is 5. The number of halogens is 1. The van der Waals surface area contributed by atoms with Gasteiger partial charge in [-0.05, 0) is 30.7 Å². The molecule has 9 nitrogen and oxygen atoms in total. The second kappa shape index (κ2) is 8.36. The lowest BCUT2D eigenvalue weighted by Crippen LogP contribution is -2.20. The van der Waals surface area contributed by atoms with Crippen LogP contribution in [0.4, 0.5) is 5.82 Å². The molecule has 0 aliphatic heterocycles. The molecule has 0 aliphatic rings. The number of carbonyl (C=O) groups is 1. The van der Waals surface area contributed by atoms with Crippen LogP contribution in [0.25, 0.3) is 22.7 Å². The van der Waals surface area contributed by atoms with Crippen LogP contribution in [0.15, 0.2) is 71.7 Å². The molecule has 0 atom stereocenters. The third-order valence-corrected chi connectivity index (χ3v) is 5.22. The van der Waals surface area contributed by atoms with Crippen molar-refractivity contribution in [2.75, 3.05) is 5.32 Å². The van der Waals surface area contributed by atoms with E-state index in [-0.39, 0.29) is 23.8 Å². The number of nitrogens with one attached hydrogen (secondary N) is 2. The van der Waals surface area contributed by atoms with Gasteiger partial charge in [-0.3, -0.25) is 14.6 Å². The number of aromatic amines is 1. The lowest BCUT2D eigenvalue weighted by Gasteiger charge is -2.09. The molecule has 0 bridgehead atoms. The molecule has 0 unspecified atom stereocenters. The van der Waals surface area contributed by atoms with E-state index in [1.165, 1.54) is 15.6 Å². The zero-order valence-electron chi connectivity index (χ0n) is 17.5. The van der Waals surface area contributed by atoms with Gasteiger partial charge in [0.05, 0.1) is 24.0 Å². The summed E-state index contributed by atoms with van der Waals surface area (Å²) < 4.78 is 2.93. The quantitative estimate of drug-likeness (QED) is 0.418. The Hall–Kier alpha value is -4.24. The van der Waals surface area contributed by atoms with Crippen LogP contribution in [0.2, 0.25) is 5.02 Å². The van der Waals surface area contributed by atoms with Crippen molar-refractivity contribution in [3.63, 3.8) is 0 Å². The molecule has 5 rings (SSSR count). The Morgan fingerprint density at radius 1 is 1.09 bits per heavy atom. The normalized spacial score (nSPS) is 11.1. The molecule has 0 saturated heterocycles. The Bertz CT molecular complexity index is 1540. The molecule has 0 spiro atoms. The Morgan fingerprint density at radius 3 is 2.70 bits per heavy atom. The summed E-state index contributed by atoms with van der Waals surface area (Å²) in [6.45, 7) is 1.79. The molecular formula is C23H18ClN7O2. The van der Waals surface area contributed by atoms with E-state index in [4.69, 9.17) is 11.6 Å². The number of amides is 1. The number of aryl methyl sites for hydroxylation is 1. The minimum atomic E-state index is -0.377. The molecule has 33 heavy (non-hydrogen) atoms. The molecule has 2 aromatic carbocycles. The van der Waals surface area contributed by atoms with E-state index in [0.717, 1.165) is 5.56 Å². The number of fused-ring (bicyclic) bond motifs is 1. The highest BCUT2D eigenvalue weighted by molar-refractivity contribution is 6.30. The van der Waals surface area contributed by atoms with Gasteiger partial charge in [0.15, 0.2) is 5.65 Å². The van der Waals surface area contributed by atoms with Gasteiger partial charge in [-0.1, -0.05) is 48.0 Å². The number of benzene rings is 2. The second-order valence-corrected chi connectivity index (χ2v) is 7.89. The summed E-state index contributed by atoms with van der Waals surface area (Å²) in [6, 6.07) is 18.2. The van der Waals surface area contributed by atoms with E-state index in [1.54, 1.807) is 31.2 Å². The Kier molecular flexibility index (Phi) is 5.23. The first-order valence-corrected chi connectivity index (χ1v) is 10.5. The van der Waals surface area contributed by atoms with E-state index < -0.39 is 0 Å². The van der Waals surface area contributed by atoms with Crippen molar-refractivity contribution in [3.05, 3.63) is 93.5 Å². The van der Waals surface area contributed by atoms with Gasteiger partial charge in [-0.25, -0.2) is 4.68 Å². The number of H-pyrrole nitrogens is 1. The van der Waals surface area contributed by atoms with Crippen LogP contribution < -0.4 is 10.9 Å². The minimum absolute atomic E-state index is 0.152. The van der Waals surface area contributed by atoms with Crippen molar-refractivity contribution in [3.8, 4) is 11.6 Å². The van der Waals surface area contributed by atoms with E-state index in [9.17, 15) is 9.59 Å². The Morgan fingerprint density at radius 2 is 1.91 bits per heavy atom.